The predicted molar refractivity (Wildman–Crippen MR) is 124 cm³/mol. The molecule has 1 aromatic carbocycles. The van der Waals surface area contributed by atoms with E-state index in [0.29, 0.717) is 35.8 Å². The Balaban J connectivity index is 1.44. The zero-order valence-corrected chi connectivity index (χ0v) is 19.1. The first kappa shape index (κ1) is 21.8. The number of piperidine rings is 2. The fourth-order valence-electron chi connectivity index (χ4n) is 5.30. The summed E-state index contributed by atoms with van der Waals surface area (Å²) in [6.45, 7) is 10.5. The van der Waals surface area contributed by atoms with Gasteiger partial charge in [0, 0.05) is 42.6 Å². The van der Waals surface area contributed by atoms with Crippen LogP contribution < -0.4 is 0 Å². The second-order valence-corrected chi connectivity index (χ2v) is 9.84. The van der Waals surface area contributed by atoms with E-state index in [-0.39, 0.29) is 5.92 Å². The monoisotopic (exact) mass is 418 g/mol. The van der Waals surface area contributed by atoms with E-state index in [9.17, 15) is 10.1 Å². The van der Waals surface area contributed by atoms with Gasteiger partial charge < -0.3 is 9.80 Å². The molecule has 164 valence electrons. The summed E-state index contributed by atoms with van der Waals surface area (Å²) in [6.07, 6.45) is 3.96. The summed E-state index contributed by atoms with van der Waals surface area (Å²) in [5, 5.41) is 10.4. The van der Waals surface area contributed by atoms with Gasteiger partial charge in [-0.05, 0) is 70.2 Å². The smallest absolute Gasteiger partial charge is 0.222 e. The molecule has 2 fully saturated rings. The number of hydrogen-bond donors (Lipinski definition) is 0. The van der Waals surface area contributed by atoms with Crippen molar-refractivity contribution in [3.8, 4) is 6.07 Å². The molecule has 2 aromatic rings. The van der Waals surface area contributed by atoms with E-state index in [1.165, 1.54) is 0 Å². The lowest BCUT2D eigenvalue weighted by Gasteiger charge is -2.38. The van der Waals surface area contributed by atoms with Crippen LogP contribution in [0.3, 0.4) is 0 Å². The van der Waals surface area contributed by atoms with Gasteiger partial charge in [0.2, 0.25) is 5.91 Å². The molecule has 0 bridgehead atoms. The van der Waals surface area contributed by atoms with Gasteiger partial charge in [-0.2, -0.15) is 5.26 Å². The van der Waals surface area contributed by atoms with Crippen LogP contribution in [0.15, 0.2) is 30.3 Å². The summed E-state index contributed by atoms with van der Waals surface area (Å²) in [6, 6.07) is 12.7. The fraction of sp³-hybridized carbons (Fsp3) is 0.577. The van der Waals surface area contributed by atoms with Gasteiger partial charge in [0.1, 0.15) is 6.07 Å². The van der Waals surface area contributed by atoms with Crippen LogP contribution in [-0.2, 0) is 4.79 Å². The molecular weight excluding hydrogens is 384 g/mol. The molecule has 31 heavy (non-hydrogen) atoms. The highest BCUT2D eigenvalue weighted by atomic mass is 16.2. The molecule has 2 aliphatic heterocycles. The van der Waals surface area contributed by atoms with E-state index >= 15 is 0 Å². The molecular formula is C26H34N4O. The number of nitriles is 1. The van der Waals surface area contributed by atoms with Crippen molar-refractivity contribution in [2.45, 2.75) is 58.4 Å². The Morgan fingerprint density at radius 1 is 1.19 bits per heavy atom. The minimum atomic E-state index is 0.228. The summed E-state index contributed by atoms with van der Waals surface area (Å²) in [7, 11) is 0. The van der Waals surface area contributed by atoms with Gasteiger partial charge in [0.05, 0.1) is 11.1 Å². The van der Waals surface area contributed by atoms with Gasteiger partial charge in [-0.25, -0.2) is 0 Å². The molecule has 3 heterocycles. The van der Waals surface area contributed by atoms with Crippen molar-refractivity contribution in [3.05, 3.63) is 41.6 Å². The third-order valence-electron chi connectivity index (χ3n) is 7.14. The molecule has 0 unspecified atom stereocenters. The average Bonchev–Trinajstić information content (AvgIpc) is 2.78. The highest BCUT2D eigenvalue weighted by Crippen LogP contribution is 2.32. The number of aromatic nitrogens is 1. The number of carbonyl (C=O) groups excluding carboxylic acids is 1. The molecule has 2 aliphatic rings. The number of benzene rings is 1. The predicted octanol–water partition coefficient (Wildman–Crippen LogP) is 4.57. The quantitative estimate of drug-likeness (QED) is 0.730. The summed E-state index contributed by atoms with van der Waals surface area (Å²) >= 11 is 0. The van der Waals surface area contributed by atoms with Crippen molar-refractivity contribution in [1.82, 2.24) is 14.8 Å². The van der Waals surface area contributed by atoms with E-state index in [2.05, 4.69) is 48.8 Å². The SMILES string of the molecule is CC(C)N1CCC(CC(=O)N2C[C@H](C)C[C@H](c3ccc4cccc(C#N)c4n3)C2)CC1. The molecule has 0 spiro atoms. The fourth-order valence-corrected chi connectivity index (χ4v) is 5.30. The lowest BCUT2D eigenvalue weighted by atomic mass is 9.86. The van der Waals surface area contributed by atoms with Crippen LogP contribution in [0, 0.1) is 23.2 Å². The van der Waals surface area contributed by atoms with Gasteiger partial charge in [-0.15, -0.1) is 0 Å². The molecule has 5 heteroatoms. The molecule has 0 saturated carbocycles. The number of fused-ring (bicyclic) bond motifs is 1. The Labute approximate surface area is 186 Å². The van der Waals surface area contributed by atoms with E-state index in [1.54, 1.807) is 0 Å². The molecule has 1 aromatic heterocycles. The van der Waals surface area contributed by atoms with Gasteiger partial charge >= 0.3 is 0 Å². The largest absolute Gasteiger partial charge is 0.342 e. The van der Waals surface area contributed by atoms with Crippen molar-refractivity contribution >= 4 is 16.8 Å². The topological polar surface area (TPSA) is 60.2 Å². The number of para-hydroxylation sites is 1. The lowest BCUT2D eigenvalue weighted by Crippen LogP contribution is -2.44. The van der Waals surface area contributed by atoms with E-state index in [0.717, 1.165) is 62.0 Å². The maximum Gasteiger partial charge on any atom is 0.222 e. The van der Waals surface area contributed by atoms with Crippen molar-refractivity contribution in [1.29, 1.82) is 5.26 Å². The maximum absolute atomic E-state index is 13.2. The second-order valence-electron chi connectivity index (χ2n) is 9.84. The molecule has 0 aliphatic carbocycles. The van der Waals surface area contributed by atoms with E-state index in [1.807, 2.05) is 18.2 Å². The van der Waals surface area contributed by atoms with Crippen LogP contribution in [0.1, 0.15) is 63.6 Å². The van der Waals surface area contributed by atoms with Crippen molar-refractivity contribution in [3.63, 3.8) is 0 Å². The number of likely N-dealkylation sites (tertiary alicyclic amines) is 2. The minimum Gasteiger partial charge on any atom is -0.342 e. The first-order chi connectivity index (χ1) is 14.9. The Hall–Kier alpha value is -2.45. The molecule has 2 saturated heterocycles. The highest BCUT2D eigenvalue weighted by Gasteiger charge is 2.31. The third-order valence-corrected chi connectivity index (χ3v) is 7.14. The minimum absolute atomic E-state index is 0.228. The van der Waals surface area contributed by atoms with Crippen LogP contribution in [-0.4, -0.2) is 52.9 Å². The van der Waals surface area contributed by atoms with Crippen molar-refractivity contribution < 1.29 is 4.79 Å². The van der Waals surface area contributed by atoms with Crippen LogP contribution >= 0.6 is 0 Å². The highest BCUT2D eigenvalue weighted by molar-refractivity contribution is 5.84. The van der Waals surface area contributed by atoms with Gasteiger partial charge in [0.25, 0.3) is 0 Å². The first-order valence-corrected chi connectivity index (χ1v) is 11.8. The van der Waals surface area contributed by atoms with Gasteiger partial charge in [0.15, 0.2) is 0 Å². The summed E-state index contributed by atoms with van der Waals surface area (Å²) < 4.78 is 0. The average molecular weight is 419 g/mol. The normalized spacial score (nSPS) is 23.3. The van der Waals surface area contributed by atoms with Crippen LogP contribution in [0.4, 0.5) is 0 Å². The summed E-state index contributed by atoms with van der Waals surface area (Å²) in [5.41, 5.74) is 2.39. The molecule has 5 nitrogen and oxygen atoms in total. The number of rotatable bonds is 4. The van der Waals surface area contributed by atoms with E-state index < -0.39 is 0 Å². The maximum atomic E-state index is 13.2. The van der Waals surface area contributed by atoms with Crippen LogP contribution in [0.5, 0.6) is 0 Å². The number of amides is 1. The number of nitrogens with zero attached hydrogens (tertiary/aromatic N) is 4. The van der Waals surface area contributed by atoms with Crippen LogP contribution in [0.25, 0.3) is 10.9 Å². The number of pyridine rings is 1. The van der Waals surface area contributed by atoms with Gasteiger partial charge in [-0.1, -0.05) is 25.1 Å². The molecule has 0 radical (unpaired) electrons. The molecule has 1 amide bonds. The van der Waals surface area contributed by atoms with Crippen molar-refractivity contribution in [2.75, 3.05) is 26.2 Å². The Morgan fingerprint density at radius 2 is 1.97 bits per heavy atom. The molecule has 2 atom stereocenters. The van der Waals surface area contributed by atoms with Crippen molar-refractivity contribution in [2.24, 2.45) is 11.8 Å². The second kappa shape index (κ2) is 9.36. The Kier molecular flexibility index (Phi) is 6.57. The van der Waals surface area contributed by atoms with Gasteiger partial charge in [-0.3, -0.25) is 9.78 Å². The molecule has 0 N–H and O–H groups in total. The first-order valence-electron chi connectivity index (χ1n) is 11.8. The third kappa shape index (κ3) is 4.91. The summed E-state index contributed by atoms with van der Waals surface area (Å²) in [5.74, 6) is 1.49. The lowest BCUT2D eigenvalue weighted by molar-refractivity contribution is -0.134. The molecule has 4 rings (SSSR count). The van der Waals surface area contributed by atoms with E-state index in [4.69, 9.17) is 4.98 Å². The van der Waals surface area contributed by atoms with Crippen LogP contribution in [0.2, 0.25) is 0 Å². The Bertz CT molecular complexity index is 971. The Morgan fingerprint density at radius 3 is 2.68 bits per heavy atom. The number of hydrogen-bond acceptors (Lipinski definition) is 4. The number of carbonyl (C=O) groups is 1. The summed E-state index contributed by atoms with van der Waals surface area (Å²) in [4.78, 5) is 22.6. The standard InChI is InChI=1S/C26H34N4O/c1-18(2)29-11-9-20(10-12-29)14-25(31)30-16-19(3)13-23(17-30)24-8-7-21-5-4-6-22(15-27)26(21)28-24/h4-8,18-20,23H,9-14,16-17H2,1-3H3/t19-,23+/m1/s1. The zero-order chi connectivity index (χ0) is 22.0. The zero-order valence-electron chi connectivity index (χ0n) is 19.1.